The molecule has 2 aromatic carbocycles. The Kier molecular flexibility index (Phi) is 6.11. The van der Waals surface area contributed by atoms with E-state index in [1.54, 1.807) is 29.2 Å². The normalized spacial score (nSPS) is 20.3. The van der Waals surface area contributed by atoms with Crippen LogP contribution in [-0.4, -0.2) is 59.1 Å². The van der Waals surface area contributed by atoms with Crippen molar-refractivity contribution >= 4 is 16.8 Å². The molecule has 1 aromatic heterocycles. The summed E-state index contributed by atoms with van der Waals surface area (Å²) in [6, 6.07) is 11.3. The van der Waals surface area contributed by atoms with Gasteiger partial charge in [-0.3, -0.25) is 14.6 Å². The Morgan fingerprint density at radius 2 is 1.82 bits per heavy atom. The highest BCUT2D eigenvalue weighted by molar-refractivity contribution is 6.00. The van der Waals surface area contributed by atoms with Gasteiger partial charge < -0.3 is 5.73 Å². The molecule has 1 saturated heterocycles. The molecule has 1 aliphatic rings. The van der Waals surface area contributed by atoms with Crippen molar-refractivity contribution in [2.45, 2.75) is 31.7 Å². The fraction of sp³-hybridized carbons (Fsp3) is 0.333. The second kappa shape index (κ2) is 8.72. The molecule has 1 aliphatic heterocycles. The van der Waals surface area contributed by atoms with E-state index in [-0.39, 0.29) is 24.1 Å². The third-order valence-electron chi connectivity index (χ3n) is 6.16. The van der Waals surface area contributed by atoms with Gasteiger partial charge in [0.15, 0.2) is 0 Å². The van der Waals surface area contributed by atoms with Crippen LogP contribution in [0.4, 0.5) is 17.6 Å². The van der Waals surface area contributed by atoms with Crippen LogP contribution < -0.4 is 5.73 Å². The van der Waals surface area contributed by atoms with Gasteiger partial charge in [-0.2, -0.15) is 13.2 Å². The average molecular weight is 460 g/mol. The summed E-state index contributed by atoms with van der Waals surface area (Å²) in [5, 5.41) is 0.731. The number of carbonyl (C=O) groups is 1. The van der Waals surface area contributed by atoms with Crippen LogP contribution in [-0.2, 0) is 6.54 Å². The molecular formula is C24H24F4N4O. The molecule has 0 saturated carbocycles. The topological polar surface area (TPSA) is 62.5 Å². The number of hydrogen-bond acceptors (Lipinski definition) is 4. The Bertz CT molecular complexity index is 1180. The monoisotopic (exact) mass is 460 g/mol. The van der Waals surface area contributed by atoms with Crippen molar-refractivity contribution < 1.29 is 22.4 Å². The number of likely N-dealkylation sites (N-methyl/N-ethyl adjacent to an activating group) is 1. The van der Waals surface area contributed by atoms with E-state index in [1.807, 2.05) is 19.1 Å². The van der Waals surface area contributed by atoms with Crippen LogP contribution in [0.5, 0.6) is 0 Å². The number of rotatable bonds is 4. The van der Waals surface area contributed by atoms with E-state index in [2.05, 4.69) is 4.98 Å². The largest absolute Gasteiger partial charge is 0.405 e. The number of carbonyl (C=O) groups excluding carboxylic acids is 1. The van der Waals surface area contributed by atoms with Gasteiger partial charge in [0.25, 0.3) is 5.91 Å². The molecule has 33 heavy (non-hydrogen) atoms. The molecule has 3 aromatic rings. The van der Waals surface area contributed by atoms with Gasteiger partial charge >= 0.3 is 6.18 Å². The minimum absolute atomic E-state index is 0.0593. The third kappa shape index (κ3) is 4.84. The van der Waals surface area contributed by atoms with Crippen LogP contribution in [0.2, 0.25) is 0 Å². The first-order valence-electron chi connectivity index (χ1n) is 10.5. The molecule has 0 radical (unpaired) electrons. The molecule has 9 heteroatoms. The van der Waals surface area contributed by atoms with Crippen LogP contribution >= 0.6 is 0 Å². The molecule has 2 N–H and O–H groups in total. The number of benzene rings is 2. The number of pyridine rings is 1. The SMILES string of the molecule is C[C@H]1CN(C)C(C(F)(F)F)CN1Cc1ccc2c(-c3ccc(F)cc3)cc(C(N)=O)nc2c1. The van der Waals surface area contributed by atoms with Gasteiger partial charge in [0, 0.05) is 31.1 Å². The molecule has 0 bridgehead atoms. The zero-order chi connectivity index (χ0) is 23.9. The number of alkyl halides is 3. The first-order valence-corrected chi connectivity index (χ1v) is 10.5. The van der Waals surface area contributed by atoms with E-state index in [9.17, 15) is 22.4 Å². The van der Waals surface area contributed by atoms with Gasteiger partial charge in [-0.25, -0.2) is 9.37 Å². The zero-order valence-corrected chi connectivity index (χ0v) is 18.2. The number of primary amides is 1. The molecule has 2 atom stereocenters. The van der Waals surface area contributed by atoms with Crippen molar-refractivity contribution in [1.82, 2.24) is 14.8 Å². The number of amides is 1. The molecule has 5 nitrogen and oxygen atoms in total. The molecule has 1 unspecified atom stereocenters. The Morgan fingerprint density at radius 3 is 2.45 bits per heavy atom. The van der Waals surface area contributed by atoms with E-state index >= 15 is 0 Å². The highest BCUT2D eigenvalue weighted by Gasteiger charge is 2.46. The van der Waals surface area contributed by atoms with Crippen molar-refractivity contribution in [3.63, 3.8) is 0 Å². The molecule has 174 valence electrons. The zero-order valence-electron chi connectivity index (χ0n) is 18.2. The summed E-state index contributed by atoms with van der Waals surface area (Å²) in [5.74, 6) is -1.08. The van der Waals surface area contributed by atoms with Crippen LogP contribution in [0.1, 0.15) is 23.0 Å². The highest BCUT2D eigenvalue weighted by Crippen LogP contribution is 2.32. The Labute approximate surface area is 188 Å². The highest BCUT2D eigenvalue weighted by atomic mass is 19.4. The molecule has 1 amide bonds. The van der Waals surface area contributed by atoms with E-state index in [4.69, 9.17) is 5.73 Å². The maximum Gasteiger partial charge on any atom is 0.405 e. The van der Waals surface area contributed by atoms with Gasteiger partial charge in [-0.15, -0.1) is 0 Å². The lowest BCUT2D eigenvalue weighted by Gasteiger charge is -2.44. The van der Waals surface area contributed by atoms with E-state index in [0.717, 1.165) is 10.9 Å². The fourth-order valence-corrected chi connectivity index (χ4v) is 4.38. The van der Waals surface area contributed by atoms with Gasteiger partial charge in [-0.05, 0) is 54.9 Å². The summed E-state index contributed by atoms with van der Waals surface area (Å²) in [7, 11) is 1.49. The maximum atomic E-state index is 13.4. The quantitative estimate of drug-likeness (QED) is 0.593. The van der Waals surface area contributed by atoms with Crippen LogP contribution in [0.15, 0.2) is 48.5 Å². The van der Waals surface area contributed by atoms with Crippen molar-refractivity contribution in [1.29, 1.82) is 0 Å². The summed E-state index contributed by atoms with van der Waals surface area (Å²) in [5.41, 5.74) is 8.17. The van der Waals surface area contributed by atoms with E-state index in [0.29, 0.717) is 29.7 Å². The van der Waals surface area contributed by atoms with Crippen molar-refractivity contribution in [3.05, 3.63) is 65.6 Å². The van der Waals surface area contributed by atoms with Crippen molar-refractivity contribution in [2.24, 2.45) is 5.73 Å². The maximum absolute atomic E-state index is 13.4. The summed E-state index contributed by atoms with van der Waals surface area (Å²) in [4.78, 5) is 19.4. The minimum atomic E-state index is -4.31. The number of halogens is 4. The Balaban J connectivity index is 1.70. The summed E-state index contributed by atoms with van der Waals surface area (Å²) in [6.07, 6.45) is -4.31. The number of nitrogens with two attached hydrogens (primary N) is 1. The third-order valence-corrected chi connectivity index (χ3v) is 6.16. The van der Waals surface area contributed by atoms with E-state index < -0.39 is 18.1 Å². The molecule has 0 aliphatic carbocycles. The number of hydrogen-bond donors (Lipinski definition) is 1. The van der Waals surface area contributed by atoms with Gasteiger partial charge in [0.1, 0.15) is 17.6 Å². The lowest BCUT2D eigenvalue weighted by atomic mass is 9.98. The predicted octanol–water partition coefficient (Wildman–Crippen LogP) is 4.21. The lowest BCUT2D eigenvalue weighted by Crippen LogP contribution is -2.60. The first-order chi connectivity index (χ1) is 15.5. The predicted molar refractivity (Wildman–Crippen MR) is 118 cm³/mol. The second-order valence-corrected chi connectivity index (χ2v) is 8.55. The molecule has 1 fully saturated rings. The second-order valence-electron chi connectivity index (χ2n) is 8.55. The average Bonchev–Trinajstić information content (AvgIpc) is 2.74. The lowest BCUT2D eigenvalue weighted by molar-refractivity contribution is -0.198. The first kappa shape index (κ1) is 23.1. The molecule has 4 rings (SSSR count). The molecule has 0 spiro atoms. The van der Waals surface area contributed by atoms with Crippen LogP contribution in [0.3, 0.4) is 0 Å². The van der Waals surface area contributed by atoms with E-state index in [1.165, 1.54) is 24.1 Å². The number of fused-ring (bicyclic) bond motifs is 1. The molecular weight excluding hydrogens is 436 g/mol. The Morgan fingerprint density at radius 1 is 1.12 bits per heavy atom. The molecule has 2 heterocycles. The van der Waals surface area contributed by atoms with Crippen molar-refractivity contribution in [2.75, 3.05) is 20.1 Å². The number of aromatic nitrogens is 1. The van der Waals surface area contributed by atoms with Crippen LogP contribution in [0.25, 0.3) is 22.0 Å². The van der Waals surface area contributed by atoms with Gasteiger partial charge in [0.2, 0.25) is 0 Å². The summed E-state index contributed by atoms with van der Waals surface area (Å²) < 4.78 is 53.7. The Hall–Kier alpha value is -3.04. The standard InChI is InChI=1S/C24H24F4N4O/c1-14-11-31(2)22(24(26,27)28)13-32(14)12-15-3-8-18-19(16-4-6-17(25)7-5-16)10-21(23(29)33)30-20(18)9-15/h3-10,14,22H,11-13H2,1-2H3,(H2,29,33)/t14-,22?/m0/s1. The number of nitrogens with zero attached hydrogens (tertiary/aromatic N) is 3. The van der Waals surface area contributed by atoms with Gasteiger partial charge in [0.05, 0.1) is 5.52 Å². The summed E-state index contributed by atoms with van der Waals surface area (Å²) in [6.45, 7) is 2.39. The van der Waals surface area contributed by atoms with Crippen molar-refractivity contribution in [3.8, 4) is 11.1 Å². The smallest absolute Gasteiger partial charge is 0.364 e. The minimum Gasteiger partial charge on any atom is -0.364 e. The fourth-order valence-electron chi connectivity index (χ4n) is 4.38. The number of piperazine rings is 1. The van der Waals surface area contributed by atoms with Crippen LogP contribution in [0, 0.1) is 5.82 Å². The van der Waals surface area contributed by atoms with Gasteiger partial charge in [-0.1, -0.05) is 24.3 Å². The summed E-state index contributed by atoms with van der Waals surface area (Å²) >= 11 is 0.